The SMILES string of the molecule is CC(C)(C)CO[SiH2]c1ccccc1. The fraction of sp³-hybridized carbons (Fsp3) is 0.455. The smallest absolute Gasteiger partial charge is 0.192 e. The summed E-state index contributed by atoms with van der Waals surface area (Å²) < 4.78 is 5.72. The number of rotatable bonds is 3. The maximum Gasteiger partial charge on any atom is 0.192 e. The van der Waals surface area contributed by atoms with Crippen molar-refractivity contribution in [3.8, 4) is 0 Å². The monoisotopic (exact) mass is 194 g/mol. The molecule has 0 aliphatic heterocycles. The van der Waals surface area contributed by atoms with Crippen molar-refractivity contribution in [2.45, 2.75) is 20.8 Å². The molecule has 0 saturated carbocycles. The largest absolute Gasteiger partial charge is 0.418 e. The fourth-order valence-electron chi connectivity index (χ4n) is 1.05. The summed E-state index contributed by atoms with van der Waals surface area (Å²) in [6, 6.07) is 10.5. The van der Waals surface area contributed by atoms with Gasteiger partial charge >= 0.3 is 0 Å². The normalized spacial score (nSPS) is 12.5. The van der Waals surface area contributed by atoms with Crippen LogP contribution >= 0.6 is 0 Å². The Morgan fingerprint density at radius 1 is 1.15 bits per heavy atom. The van der Waals surface area contributed by atoms with Gasteiger partial charge < -0.3 is 4.43 Å². The van der Waals surface area contributed by atoms with Crippen LogP contribution in [0.25, 0.3) is 0 Å². The van der Waals surface area contributed by atoms with Crippen LogP contribution in [-0.4, -0.2) is 16.4 Å². The van der Waals surface area contributed by atoms with Crippen molar-refractivity contribution >= 4 is 14.9 Å². The summed E-state index contributed by atoms with van der Waals surface area (Å²) in [5, 5.41) is 1.38. The molecule has 0 aliphatic rings. The van der Waals surface area contributed by atoms with Crippen molar-refractivity contribution in [3.05, 3.63) is 30.3 Å². The average molecular weight is 194 g/mol. The highest BCUT2D eigenvalue weighted by atomic mass is 28.2. The lowest BCUT2D eigenvalue weighted by Crippen LogP contribution is -2.23. The molecule has 2 heteroatoms. The summed E-state index contributed by atoms with van der Waals surface area (Å²) in [4.78, 5) is 0. The Kier molecular flexibility index (Phi) is 3.69. The van der Waals surface area contributed by atoms with E-state index < -0.39 is 9.76 Å². The molecule has 0 atom stereocenters. The topological polar surface area (TPSA) is 9.23 Å². The predicted octanol–water partition coefficient (Wildman–Crippen LogP) is 1.46. The first-order chi connectivity index (χ1) is 6.08. The third kappa shape index (κ3) is 4.86. The molecule has 0 saturated heterocycles. The van der Waals surface area contributed by atoms with Crippen molar-refractivity contribution in [3.63, 3.8) is 0 Å². The lowest BCUT2D eigenvalue weighted by molar-refractivity contribution is 0.209. The molecule has 0 radical (unpaired) electrons. The standard InChI is InChI=1S/C11H18OSi/c1-11(2,3)9-12-13-10-7-5-4-6-8-10/h4-8H,9,13H2,1-3H3. The van der Waals surface area contributed by atoms with E-state index in [0.29, 0.717) is 5.41 Å². The van der Waals surface area contributed by atoms with Crippen LogP contribution in [0.2, 0.25) is 0 Å². The van der Waals surface area contributed by atoms with E-state index in [0.717, 1.165) is 6.61 Å². The Morgan fingerprint density at radius 3 is 2.31 bits per heavy atom. The van der Waals surface area contributed by atoms with Gasteiger partial charge in [0, 0.05) is 6.61 Å². The van der Waals surface area contributed by atoms with Gasteiger partial charge in [0.1, 0.15) is 0 Å². The van der Waals surface area contributed by atoms with Crippen molar-refractivity contribution in [2.75, 3.05) is 6.61 Å². The molecule has 1 nitrogen and oxygen atoms in total. The Labute approximate surface area is 83.1 Å². The van der Waals surface area contributed by atoms with Gasteiger partial charge in [0.15, 0.2) is 9.76 Å². The van der Waals surface area contributed by atoms with Crippen LogP contribution in [0.5, 0.6) is 0 Å². The van der Waals surface area contributed by atoms with Gasteiger partial charge in [-0.15, -0.1) is 0 Å². The van der Waals surface area contributed by atoms with E-state index in [2.05, 4.69) is 45.0 Å². The van der Waals surface area contributed by atoms with Crippen molar-refractivity contribution < 1.29 is 4.43 Å². The molecule has 0 amide bonds. The summed E-state index contributed by atoms with van der Waals surface area (Å²) in [7, 11) is -0.491. The van der Waals surface area contributed by atoms with Crippen LogP contribution in [0, 0.1) is 5.41 Å². The lowest BCUT2D eigenvalue weighted by atomic mass is 9.99. The zero-order chi connectivity index (χ0) is 9.73. The van der Waals surface area contributed by atoms with Crippen molar-refractivity contribution in [1.29, 1.82) is 0 Å². The quantitative estimate of drug-likeness (QED) is 0.662. The maximum absolute atomic E-state index is 5.72. The Balaban J connectivity index is 2.29. The van der Waals surface area contributed by atoms with Gasteiger partial charge in [-0.2, -0.15) is 0 Å². The molecule has 0 fully saturated rings. The number of hydrogen-bond acceptors (Lipinski definition) is 1. The first-order valence-corrected chi connectivity index (χ1v) is 5.98. The summed E-state index contributed by atoms with van der Waals surface area (Å²) in [5.41, 5.74) is 0.293. The van der Waals surface area contributed by atoms with E-state index in [-0.39, 0.29) is 0 Å². The average Bonchev–Trinajstić information content (AvgIpc) is 2.04. The van der Waals surface area contributed by atoms with Gasteiger partial charge in [-0.1, -0.05) is 51.1 Å². The first-order valence-electron chi connectivity index (χ1n) is 4.70. The summed E-state index contributed by atoms with van der Waals surface area (Å²) in [6.07, 6.45) is 0. The first kappa shape index (κ1) is 10.5. The number of hydrogen-bond donors (Lipinski definition) is 0. The molecule has 0 heterocycles. The van der Waals surface area contributed by atoms with E-state index >= 15 is 0 Å². The molecule has 0 aromatic heterocycles. The van der Waals surface area contributed by atoms with E-state index in [1.165, 1.54) is 5.19 Å². The second-order valence-corrected chi connectivity index (χ2v) is 6.05. The number of benzene rings is 1. The molecule has 0 unspecified atom stereocenters. The summed E-state index contributed by atoms with van der Waals surface area (Å²) >= 11 is 0. The fourth-order valence-corrected chi connectivity index (χ4v) is 2.46. The van der Waals surface area contributed by atoms with E-state index in [9.17, 15) is 0 Å². The molecular formula is C11H18OSi. The van der Waals surface area contributed by atoms with Gasteiger partial charge in [0.05, 0.1) is 0 Å². The van der Waals surface area contributed by atoms with Gasteiger partial charge in [0.2, 0.25) is 0 Å². The Bertz CT molecular complexity index is 238. The zero-order valence-corrected chi connectivity index (χ0v) is 10.1. The predicted molar refractivity (Wildman–Crippen MR) is 60.0 cm³/mol. The third-order valence-electron chi connectivity index (χ3n) is 1.65. The van der Waals surface area contributed by atoms with E-state index in [1.54, 1.807) is 0 Å². The van der Waals surface area contributed by atoms with Gasteiger partial charge in [-0.05, 0) is 10.6 Å². The Hall–Kier alpha value is -0.603. The van der Waals surface area contributed by atoms with Crippen LogP contribution in [0.1, 0.15) is 20.8 Å². The summed E-state index contributed by atoms with van der Waals surface area (Å²) in [6.45, 7) is 7.47. The van der Waals surface area contributed by atoms with Crippen LogP contribution in [0.4, 0.5) is 0 Å². The van der Waals surface area contributed by atoms with Gasteiger partial charge in [-0.3, -0.25) is 0 Å². The minimum absolute atomic E-state index is 0.293. The lowest BCUT2D eigenvalue weighted by Gasteiger charge is -2.18. The highest BCUT2D eigenvalue weighted by Crippen LogP contribution is 2.11. The van der Waals surface area contributed by atoms with Crippen molar-refractivity contribution in [2.24, 2.45) is 5.41 Å². The molecule has 1 rings (SSSR count). The van der Waals surface area contributed by atoms with Gasteiger partial charge in [-0.25, -0.2) is 0 Å². The summed E-state index contributed by atoms with van der Waals surface area (Å²) in [5.74, 6) is 0. The highest BCUT2D eigenvalue weighted by Gasteiger charge is 2.09. The zero-order valence-electron chi connectivity index (χ0n) is 8.71. The molecule has 0 spiro atoms. The third-order valence-corrected chi connectivity index (χ3v) is 2.86. The van der Waals surface area contributed by atoms with Gasteiger partial charge in [0.25, 0.3) is 0 Å². The molecular weight excluding hydrogens is 176 g/mol. The molecule has 72 valence electrons. The van der Waals surface area contributed by atoms with Crippen molar-refractivity contribution in [1.82, 2.24) is 0 Å². The Morgan fingerprint density at radius 2 is 1.77 bits per heavy atom. The van der Waals surface area contributed by atoms with Crippen LogP contribution < -0.4 is 5.19 Å². The molecule has 0 N–H and O–H groups in total. The van der Waals surface area contributed by atoms with Crippen LogP contribution in [-0.2, 0) is 4.43 Å². The van der Waals surface area contributed by atoms with Crippen LogP contribution in [0.15, 0.2) is 30.3 Å². The minimum atomic E-state index is -0.491. The molecule has 1 aromatic rings. The van der Waals surface area contributed by atoms with Crippen LogP contribution in [0.3, 0.4) is 0 Å². The van der Waals surface area contributed by atoms with E-state index in [1.807, 2.05) is 6.07 Å². The maximum atomic E-state index is 5.72. The van der Waals surface area contributed by atoms with E-state index in [4.69, 9.17) is 4.43 Å². The highest BCUT2D eigenvalue weighted by molar-refractivity contribution is 6.46. The molecule has 0 aliphatic carbocycles. The second-order valence-electron chi connectivity index (χ2n) is 4.54. The minimum Gasteiger partial charge on any atom is -0.418 e. The molecule has 0 bridgehead atoms. The molecule has 1 aromatic carbocycles. The second kappa shape index (κ2) is 4.58. The molecule has 13 heavy (non-hydrogen) atoms.